The van der Waals surface area contributed by atoms with Crippen LogP contribution in [0.3, 0.4) is 0 Å². The molecule has 0 bridgehead atoms. The van der Waals surface area contributed by atoms with Crippen LogP contribution in [0.5, 0.6) is 0 Å². The Labute approximate surface area is 123 Å². The van der Waals surface area contributed by atoms with Gasteiger partial charge in [0.15, 0.2) is 0 Å². The molecule has 6 nitrogen and oxygen atoms in total. The van der Waals surface area contributed by atoms with Gasteiger partial charge < -0.3 is 15.7 Å². The van der Waals surface area contributed by atoms with Crippen LogP contribution >= 0.6 is 11.3 Å². The number of nitrogens with one attached hydrogen (secondary N) is 2. The monoisotopic (exact) mass is 309 g/mol. The van der Waals surface area contributed by atoms with Crippen LogP contribution in [0.15, 0.2) is 29.1 Å². The van der Waals surface area contributed by atoms with E-state index in [9.17, 15) is 14.0 Å². The molecule has 0 radical (unpaired) electrons. The Morgan fingerprint density at radius 1 is 1.38 bits per heavy atom. The molecule has 0 saturated carbocycles. The Morgan fingerprint density at radius 2 is 2.19 bits per heavy atom. The number of urea groups is 1. The van der Waals surface area contributed by atoms with Gasteiger partial charge in [0.25, 0.3) is 0 Å². The Morgan fingerprint density at radius 3 is 2.86 bits per heavy atom. The molecule has 0 unspecified atom stereocenters. The minimum Gasteiger partial charge on any atom is -0.478 e. The minimum atomic E-state index is -1.24. The fraction of sp³-hybridized carbons (Fsp3) is 0.154. The van der Waals surface area contributed by atoms with Crippen LogP contribution in [-0.4, -0.2) is 28.6 Å². The highest BCUT2D eigenvalue weighted by molar-refractivity contribution is 7.07. The minimum absolute atomic E-state index is 0.0892. The Bertz CT molecular complexity index is 646. The fourth-order valence-corrected chi connectivity index (χ4v) is 2.23. The first-order valence-electron chi connectivity index (χ1n) is 6.01. The number of carboxylic acids is 1. The van der Waals surface area contributed by atoms with Crippen molar-refractivity contribution in [3.05, 3.63) is 46.2 Å². The van der Waals surface area contributed by atoms with E-state index >= 15 is 0 Å². The number of halogens is 1. The van der Waals surface area contributed by atoms with Crippen molar-refractivity contribution in [2.75, 3.05) is 11.9 Å². The first kappa shape index (κ1) is 14.9. The summed E-state index contributed by atoms with van der Waals surface area (Å²) < 4.78 is 13.1. The zero-order chi connectivity index (χ0) is 15.2. The SMILES string of the molecule is O=C(NCCc1cscn1)Nc1cc(F)ccc1C(=O)O. The number of carbonyl (C=O) groups excluding carboxylic acids is 1. The van der Waals surface area contributed by atoms with Crippen LogP contribution in [0.4, 0.5) is 14.9 Å². The molecule has 0 spiro atoms. The normalized spacial score (nSPS) is 10.1. The third-order valence-corrected chi connectivity index (χ3v) is 3.25. The van der Waals surface area contributed by atoms with Crippen molar-refractivity contribution in [1.82, 2.24) is 10.3 Å². The predicted molar refractivity (Wildman–Crippen MR) is 76.2 cm³/mol. The zero-order valence-electron chi connectivity index (χ0n) is 10.8. The van der Waals surface area contributed by atoms with Gasteiger partial charge in [0.2, 0.25) is 0 Å². The lowest BCUT2D eigenvalue weighted by molar-refractivity contribution is 0.0698. The first-order chi connectivity index (χ1) is 10.1. The van der Waals surface area contributed by atoms with Gasteiger partial charge in [-0.25, -0.2) is 19.0 Å². The average molecular weight is 309 g/mol. The number of hydrogen-bond donors (Lipinski definition) is 3. The maximum absolute atomic E-state index is 13.1. The van der Waals surface area contributed by atoms with Crippen LogP contribution in [-0.2, 0) is 6.42 Å². The van der Waals surface area contributed by atoms with Crippen molar-refractivity contribution < 1.29 is 19.1 Å². The summed E-state index contributed by atoms with van der Waals surface area (Å²) in [6.45, 7) is 0.341. The molecule has 2 rings (SSSR count). The third-order valence-electron chi connectivity index (χ3n) is 2.61. The lowest BCUT2D eigenvalue weighted by atomic mass is 10.2. The van der Waals surface area contributed by atoms with Crippen molar-refractivity contribution >= 4 is 29.0 Å². The second-order valence-corrected chi connectivity index (χ2v) is 4.82. The molecule has 1 aromatic carbocycles. The summed E-state index contributed by atoms with van der Waals surface area (Å²) in [5.41, 5.74) is 2.29. The summed E-state index contributed by atoms with van der Waals surface area (Å²) in [4.78, 5) is 26.7. The number of aromatic carboxylic acids is 1. The molecule has 21 heavy (non-hydrogen) atoms. The number of carboxylic acid groups (broad SMARTS) is 1. The van der Waals surface area contributed by atoms with Gasteiger partial charge in [-0.2, -0.15) is 0 Å². The van der Waals surface area contributed by atoms with Crippen LogP contribution in [0.2, 0.25) is 0 Å². The van der Waals surface area contributed by atoms with Crippen molar-refractivity contribution in [3.63, 3.8) is 0 Å². The van der Waals surface area contributed by atoms with E-state index in [0.29, 0.717) is 13.0 Å². The van der Waals surface area contributed by atoms with Gasteiger partial charge in [-0.1, -0.05) is 0 Å². The number of carbonyl (C=O) groups is 2. The van der Waals surface area contributed by atoms with Gasteiger partial charge in [-0.05, 0) is 18.2 Å². The lowest BCUT2D eigenvalue weighted by Gasteiger charge is -2.09. The van der Waals surface area contributed by atoms with Gasteiger partial charge >= 0.3 is 12.0 Å². The van der Waals surface area contributed by atoms with Crippen LogP contribution in [0, 0.1) is 5.82 Å². The van der Waals surface area contributed by atoms with Crippen molar-refractivity contribution in [1.29, 1.82) is 0 Å². The van der Waals surface area contributed by atoms with Crippen molar-refractivity contribution in [3.8, 4) is 0 Å². The number of aromatic nitrogens is 1. The summed E-state index contributed by atoms with van der Waals surface area (Å²) in [6, 6.07) is 2.49. The van der Waals surface area contributed by atoms with E-state index < -0.39 is 17.8 Å². The van der Waals surface area contributed by atoms with Gasteiger partial charge in [0.1, 0.15) is 5.82 Å². The van der Waals surface area contributed by atoms with E-state index in [4.69, 9.17) is 5.11 Å². The molecule has 2 aromatic rings. The second kappa shape index (κ2) is 6.80. The highest BCUT2D eigenvalue weighted by Crippen LogP contribution is 2.17. The molecule has 110 valence electrons. The highest BCUT2D eigenvalue weighted by atomic mass is 32.1. The van der Waals surface area contributed by atoms with E-state index in [2.05, 4.69) is 15.6 Å². The van der Waals surface area contributed by atoms with Gasteiger partial charge in [0.05, 0.1) is 22.5 Å². The molecule has 0 atom stereocenters. The fourth-order valence-electron chi connectivity index (χ4n) is 1.64. The number of rotatable bonds is 5. The van der Waals surface area contributed by atoms with Crippen LogP contribution in [0.25, 0.3) is 0 Å². The van der Waals surface area contributed by atoms with E-state index in [0.717, 1.165) is 23.9 Å². The smallest absolute Gasteiger partial charge is 0.337 e. The highest BCUT2D eigenvalue weighted by Gasteiger charge is 2.13. The maximum Gasteiger partial charge on any atom is 0.337 e. The standard InChI is InChI=1S/C13H12FN3O3S/c14-8-1-2-10(12(18)19)11(5-8)17-13(20)15-4-3-9-6-21-7-16-9/h1-2,5-7H,3-4H2,(H,18,19)(H2,15,17,20). The molecule has 0 fully saturated rings. The summed E-state index contributed by atoms with van der Waals surface area (Å²) in [5, 5.41) is 15.7. The predicted octanol–water partition coefficient (Wildman–Crippen LogP) is 2.34. The molecule has 2 amide bonds. The van der Waals surface area contributed by atoms with Gasteiger partial charge in [-0.3, -0.25) is 0 Å². The number of nitrogens with zero attached hydrogens (tertiary/aromatic N) is 1. The summed E-state index contributed by atoms with van der Waals surface area (Å²) in [7, 11) is 0. The number of hydrogen-bond acceptors (Lipinski definition) is 4. The van der Waals surface area contributed by atoms with E-state index in [-0.39, 0.29) is 11.3 Å². The third kappa shape index (κ3) is 4.25. The average Bonchev–Trinajstić information content (AvgIpc) is 2.91. The van der Waals surface area contributed by atoms with Crippen LogP contribution < -0.4 is 10.6 Å². The topological polar surface area (TPSA) is 91.3 Å². The molecular weight excluding hydrogens is 297 g/mol. The summed E-state index contributed by atoms with van der Waals surface area (Å²) in [5.74, 6) is -1.87. The number of thiazole rings is 1. The van der Waals surface area contributed by atoms with Crippen molar-refractivity contribution in [2.24, 2.45) is 0 Å². The quantitative estimate of drug-likeness (QED) is 0.790. The largest absolute Gasteiger partial charge is 0.478 e. The molecule has 3 N–H and O–H groups in total. The van der Waals surface area contributed by atoms with E-state index in [1.165, 1.54) is 11.3 Å². The number of benzene rings is 1. The van der Waals surface area contributed by atoms with E-state index in [1.807, 2.05) is 5.38 Å². The molecule has 8 heteroatoms. The number of amides is 2. The van der Waals surface area contributed by atoms with E-state index in [1.54, 1.807) is 5.51 Å². The molecular formula is C13H12FN3O3S. The molecule has 0 saturated heterocycles. The Balaban J connectivity index is 1.93. The molecule has 1 aromatic heterocycles. The maximum atomic E-state index is 13.1. The van der Waals surface area contributed by atoms with Gasteiger partial charge in [0, 0.05) is 18.3 Å². The van der Waals surface area contributed by atoms with Gasteiger partial charge in [-0.15, -0.1) is 11.3 Å². The molecule has 0 aliphatic carbocycles. The Kier molecular flexibility index (Phi) is 4.83. The first-order valence-corrected chi connectivity index (χ1v) is 6.95. The van der Waals surface area contributed by atoms with Crippen LogP contribution in [0.1, 0.15) is 16.1 Å². The Hall–Kier alpha value is -2.48. The molecule has 1 heterocycles. The zero-order valence-corrected chi connectivity index (χ0v) is 11.6. The summed E-state index contributed by atoms with van der Waals surface area (Å²) >= 11 is 1.46. The second-order valence-electron chi connectivity index (χ2n) is 4.11. The lowest BCUT2D eigenvalue weighted by Crippen LogP contribution is -2.31. The molecule has 0 aliphatic heterocycles. The summed E-state index contributed by atoms with van der Waals surface area (Å²) in [6.07, 6.45) is 0.561. The van der Waals surface area contributed by atoms with Crippen molar-refractivity contribution in [2.45, 2.75) is 6.42 Å². The number of anilines is 1. The molecule has 0 aliphatic rings.